The van der Waals surface area contributed by atoms with E-state index in [1.165, 1.54) is 49.0 Å². The van der Waals surface area contributed by atoms with Gasteiger partial charge in [-0.3, -0.25) is 0 Å². The maximum absolute atomic E-state index is 2.38. The minimum atomic E-state index is 1.20. The first-order valence-corrected chi connectivity index (χ1v) is 9.31. The lowest BCUT2D eigenvalue weighted by Gasteiger charge is -2.09. The van der Waals surface area contributed by atoms with Crippen molar-refractivity contribution in [3.05, 3.63) is 103 Å². The molecule has 1 heteroatoms. The summed E-state index contributed by atoms with van der Waals surface area (Å²) >= 11 is 0. The average Bonchev–Trinajstić information content (AvgIpc) is 3.08. The van der Waals surface area contributed by atoms with E-state index in [2.05, 4.69) is 108 Å². The van der Waals surface area contributed by atoms with E-state index < -0.39 is 0 Å². The van der Waals surface area contributed by atoms with Crippen LogP contribution in [0.4, 0.5) is 0 Å². The first kappa shape index (κ1) is 14.6. The van der Waals surface area contributed by atoms with E-state index >= 15 is 0 Å². The lowest BCUT2D eigenvalue weighted by atomic mass is 9.97. The lowest BCUT2D eigenvalue weighted by molar-refractivity contribution is 1.18. The van der Waals surface area contributed by atoms with Gasteiger partial charge in [0.1, 0.15) is 0 Å². The SMILES string of the molecule is c1ccc(-n2c3ccccc3c3c4c(ccc5ccccc54)ccc32)cc1. The van der Waals surface area contributed by atoms with Crippen molar-refractivity contribution < 1.29 is 0 Å². The van der Waals surface area contributed by atoms with Gasteiger partial charge in [-0.1, -0.05) is 78.9 Å². The third-order valence-corrected chi connectivity index (χ3v) is 5.56. The number of hydrogen-bond acceptors (Lipinski definition) is 0. The van der Waals surface area contributed by atoms with E-state index in [1.807, 2.05) is 0 Å². The normalized spacial score (nSPS) is 11.7. The van der Waals surface area contributed by atoms with Gasteiger partial charge in [-0.15, -0.1) is 0 Å². The molecule has 27 heavy (non-hydrogen) atoms. The van der Waals surface area contributed by atoms with Crippen LogP contribution in [0.15, 0.2) is 103 Å². The fourth-order valence-electron chi connectivity index (χ4n) is 4.41. The van der Waals surface area contributed by atoms with Crippen LogP contribution >= 0.6 is 0 Å². The maximum Gasteiger partial charge on any atom is 0.0547 e. The molecule has 0 spiro atoms. The molecule has 0 fully saturated rings. The van der Waals surface area contributed by atoms with Crippen molar-refractivity contribution in [3.8, 4) is 5.69 Å². The monoisotopic (exact) mass is 343 g/mol. The molecular weight excluding hydrogens is 326 g/mol. The van der Waals surface area contributed by atoms with Crippen LogP contribution in [-0.4, -0.2) is 4.57 Å². The van der Waals surface area contributed by atoms with Crippen LogP contribution in [0.3, 0.4) is 0 Å². The standard InChI is InChI=1S/C26H17N/c1-2-9-20(10-3-1)27-23-13-7-6-12-22(23)26-24(27)17-16-19-15-14-18-8-4-5-11-21(18)25(19)26/h1-17H. The molecule has 1 nitrogen and oxygen atoms in total. The zero-order chi connectivity index (χ0) is 17.8. The number of rotatable bonds is 1. The molecule has 0 aliphatic rings. The maximum atomic E-state index is 2.38. The van der Waals surface area contributed by atoms with Gasteiger partial charge < -0.3 is 4.57 Å². The molecule has 0 amide bonds. The first-order valence-electron chi connectivity index (χ1n) is 9.31. The summed E-state index contributed by atoms with van der Waals surface area (Å²) in [6.45, 7) is 0. The summed E-state index contributed by atoms with van der Waals surface area (Å²) in [6, 6.07) is 37.0. The van der Waals surface area contributed by atoms with Crippen molar-refractivity contribution in [2.24, 2.45) is 0 Å². The molecule has 0 bridgehead atoms. The van der Waals surface area contributed by atoms with Gasteiger partial charge in [0, 0.05) is 16.5 Å². The fourth-order valence-corrected chi connectivity index (χ4v) is 4.41. The quantitative estimate of drug-likeness (QED) is 0.281. The van der Waals surface area contributed by atoms with Gasteiger partial charge >= 0.3 is 0 Å². The van der Waals surface area contributed by atoms with E-state index in [0.717, 1.165) is 0 Å². The van der Waals surface area contributed by atoms with Gasteiger partial charge in [0.2, 0.25) is 0 Å². The average molecular weight is 343 g/mol. The first-order chi connectivity index (χ1) is 13.4. The molecule has 0 aliphatic heterocycles. The number of para-hydroxylation sites is 2. The van der Waals surface area contributed by atoms with Crippen molar-refractivity contribution in [2.45, 2.75) is 0 Å². The Morgan fingerprint density at radius 3 is 1.96 bits per heavy atom. The predicted octanol–water partition coefficient (Wildman–Crippen LogP) is 7.09. The van der Waals surface area contributed by atoms with Crippen molar-refractivity contribution in [1.29, 1.82) is 0 Å². The van der Waals surface area contributed by atoms with E-state index in [1.54, 1.807) is 0 Å². The van der Waals surface area contributed by atoms with E-state index in [4.69, 9.17) is 0 Å². The van der Waals surface area contributed by atoms with Crippen molar-refractivity contribution in [2.75, 3.05) is 0 Å². The topological polar surface area (TPSA) is 4.93 Å². The van der Waals surface area contributed by atoms with Crippen LogP contribution in [0.25, 0.3) is 49.0 Å². The summed E-state index contributed by atoms with van der Waals surface area (Å²) in [7, 11) is 0. The number of hydrogen-bond donors (Lipinski definition) is 0. The molecule has 0 N–H and O–H groups in total. The van der Waals surface area contributed by atoms with E-state index in [-0.39, 0.29) is 0 Å². The highest BCUT2D eigenvalue weighted by atomic mass is 15.0. The van der Waals surface area contributed by atoms with Crippen LogP contribution in [-0.2, 0) is 0 Å². The second kappa shape index (κ2) is 5.46. The Balaban J connectivity index is 1.93. The number of nitrogens with zero attached hydrogens (tertiary/aromatic N) is 1. The summed E-state index contributed by atoms with van der Waals surface area (Å²) in [5.74, 6) is 0. The third-order valence-electron chi connectivity index (χ3n) is 5.56. The summed E-state index contributed by atoms with van der Waals surface area (Å²) in [5.41, 5.74) is 3.70. The highest BCUT2D eigenvalue weighted by molar-refractivity contribution is 6.28. The van der Waals surface area contributed by atoms with Crippen LogP contribution in [0.1, 0.15) is 0 Å². The minimum absolute atomic E-state index is 1.20. The van der Waals surface area contributed by atoms with E-state index in [0.29, 0.717) is 0 Å². The zero-order valence-corrected chi connectivity index (χ0v) is 14.8. The highest BCUT2D eigenvalue weighted by Gasteiger charge is 2.15. The number of benzene rings is 5. The molecule has 0 saturated heterocycles. The largest absolute Gasteiger partial charge is 0.309 e. The van der Waals surface area contributed by atoms with Gasteiger partial charge in [0.25, 0.3) is 0 Å². The highest BCUT2D eigenvalue weighted by Crippen LogP contribution is 2.39. The summed E-state index contributed by atoms with van der Waals surface area (Å²) < 4.78 is 2.38. The van der Waals surface area contributed by atoms with Crippen LogP contribution in [0, 0.1) is 0 Å². The number of fused-ring (bicyclic) bond motifs is 7. The lowest BCUT2D eigenvalue weighted by Crippen LogP contribution is -1.92. The molecule has 1 aromatic heterocycles. The molecule has 126 valence electrons. The van der Waals surface area contributed by atoms with Gasteiger partial charge in [0.15, 0.2) is 0 Å². The number of aromatic nitrogens is 1. The molecule has 0 saturated carbocycles. The Morgan fingerprint density at radius 2 is 1.07 bits per heavy atom. The molecule has 1 heterocycles. The van der Waals surface area contributed by atoms with Gasteiger partial charge in [-0.2, -0.15) is 0 Å². The minimum Gasteiger partial charge on any atom is -0.309 e. The Labute approximate surface area is 157 Å². The van der Waals surface area contributed by atoms with Gasteiger partial charge in [0.05, 0.1) is 11.0 Å². The summed E-state index contributed by atoms with van der Waals surface area (Å²) in [6.07, 6.45) is 0. The van der Waals surface area contributed by atoms with Crippen LogP contribution in [0.2, 0.25) is 0 Å². The Bertz CT molecular complexity index is 1460. The van der Waals surface area contributed by atoms with Crippen molar-refractivity contribution >= 4 is 43.4 Å². The Morgan fingerprint density at radius 1 is 0.407 bits per heavy atom. The smallest absolute Gasteiger partial charge is 0.0547 e. The molecular formula is C26H17N. The molecule has 6 rings (SSSR count). The molecule has 0 unspecified atom stereocenters. The van der Waals surface area contributed by atoms with Crippen molar-refractivity contribution in [3.63, 3.8) is 0 Å². The summed E-state index contributed by atoms with van der Waals surface area (Å²) in [5, 5.41) is 7.88. The zero-order valence-electron chi connectivity index (χ0n) is 14.8. The van der Waals surface area contributed by atoms with Gasteiger partial charge in [-0.05, 0) is 45.8 Å². The van der Waals surface area contributed by atoms with Gasteiger partial charge in [-0.25, -0.2) is 0 Å². The third kappa shape index (κ3) is 2.00. The predicted molar refractivity (Wildman–Crippen MR) is 116 cm³/mol. The molecule has 6 aromatic rings. The molecule has 0 atom stereocenters. The van der Waals surface area contributed by atoms with Crippen LogP contribution in [0.5, 0.6) is 0 Å². The fraction of sp³-hybridized carbons (Fsp3) is 0. The molecule has 0 aliphatic carbocycles. The Hall–Kier alpha value is -3.58. The van der Waals surface area contributed by atoms with Crippen LogP contribution < -0.4 is 0 Å². The second-order valence-electron chi connectivity index (χ2n) is 7.03. The van der Waals surface area contributed by atoms with E-state index in [9.17, 15) is 0 Å². The molecule has 0 radical (unpaired) electrons. The Kier molecular flexibility index (Phi) is 2.95. The second-order valence-corrected chi connectivity index (χ2v) is 7.03. The summed E-state index contributed by atoms with van der Waals surface area (Å²) in [4.78, 5) is 0. The van der Waals surface area contributed by atoms with Crippen molar-refractivity contribution in [1.82, 2.24) is 4.57 Å². The molecule has 5 aromatic carbocycles.